The first-order valence-corrected chi connectivity index (χ1v) is 8.44. The Balaban J connectivity index is 1.98. The van der Waals surface area contributed by atoms with E-state index >= 15 is 0 Å². The predicted molar refractivity (Wildman–Crippen MR) is 85.3 cm³/mol. The molecule has 1 N–H and O–H groups in total. The Bertz CT molecular complexity index is 513. The van der Waals surface area contributed by atoms with Crippen molar-refractivity contribution in [2.45, 2.75) is 26.3 Å². The first-order chi connectivity index (χ1) is 8.69. The fourth-order valence-electron chi connectivity index (χ4n) is 1.65. The van der Waals surface area contributed by atoms with Crippen LogP contribution in [0.15, 0.2) is 18.2 Å². The van der Waals surface area contributed by atoms with Crippen molar-refractivity contribution in [2.24, 2.45) is 0 Å². The number of fused-ring (bicyclic) bond motifs is 1. The number of benzene rings is 1. The molecule has 1 aromatic carbocycles. The van der Waals surface area contributed by atoms with Gasteiger partial charge in [0.15, 0.2) is 5.13 Å². The van der Waals surface area contributed by atoms with E-state index in [1.54, 1.807) is 11.3 Å². The SMILES string of the molecule is CCSCCC(C)Nc1nc2ccc(Cl)cc2s1. The maximum absolute atomic E-state index is 5.97. The largest absolute Gasteiger partial charge is 0.359 e. The molecule has 1 heterocycles. The van der Waals surface area contributed by atoms with Gasteiger partial charge in [0.25, 0.3) is 0 Å². The molecule has 18 heavy (non-hydrogen) atoms. The molecule has 0 saturated carbocycles. The number of hydrogen-bond acceptors (Lipinski definition) is 4. The van der Waals surface area contributed by atoms with E-state index in [0.717, 1.165) is 26.8 Å². The van der Waals surface area contributed by atoms with E-state index in [4.69, 9.17) is 11.6 Å². The second-order valence-corrected chi connectivity index (χ2v) is 7.02. The summed E-state index contributed by atoms with van der Waals surface area (Å²) in [7, 11) is 0. The average Bonchev–Trinajstić information content (AvgIpc) is 2.70. The van der Waals surface area contributed by atoms with E-state index in [-0.39, 0.29) is 0 Å². The number of nitrogens with one attached hydrogen (secondary N) is 1. The lowest BCUT2D eigenvalue weighted by Crippen LogP contribution is -2.15. The van der Waals surface area contributed by atoms with Gasteiger partial charge >= 0.3 is 0 Å². The fourth-order valence-corrected chi connectivity index (χ4v) is 3.71. The zero-order chi connectivity index (χ0) is 13.0. The first kappa shape index (κ1) is 14.0. The monoisotopic (exact) mass is 300 g/mol. The van der Waals surface area contributed by atoms with E-state index in [2.05, 4.69) is 24.1 Å². The first-order valence-electron chi connectivity index (χ1n) is 6.09. The van der Waals surface area contributed by atoms with Crippen LogP contribution in [-0.4, -0.2) is 22.5 Å². The Labute approximate surface area is 121 Å². The van der Waals surface area contributed by atoms with E-state index in [1.807, 2.05) is 30.0 Å². The van der Waals surface area contributed by atoms with Crippen molar-refractivity contribution in [2.75, 3.05) is 16.8 Å². The molecule has 0 aliphatic heterocycles. The van der Waals surface area contributed by atoms with Gasteiger partial charge in [0.1, 0.15) is 0 Å². The van der Waals surface area contributed by atoms with Crippen molar-refractivity contribution in [3.63, 3.8) is 0 Å². The van der Waals surface area contributed by atoms with Gasteiger partial charge in [-0.15, -0.1) is 0 Å². The lowest BCUT2D eigenvalue weighted by Gasteiger charge is -2.11. The summed E-state index contributed by atoms with van der Waals surface area (Å²) in [5, 5.41) is 5.22. The van der Waals surface area contributed by atoms with Crippen molar-refractivity contribution >= 4 is 50.0 Å². The number of nitrogens with zero attached hydrogens (tertiary/aromatic N) is 1. The summed E-state index contributed by atoms with van der Waals surface area (Å²) in [6, 6.07) is 6.28. The van der Waals surface area contributed by atoms with Crippen LogP contribution in [0.4, 0.5) is 5.13 Å². The molecule has 2 aromatic rings. The van der Waals surface area contributed by atoms with Gasteiger partial charge in [-0.2, -0.15) is 11.8 Å². The Kier molecular flexibility index (Phi) is 5.15. The fraction of sp³-hybridized carbons (Fsp3) is 0.462. The minimum Gasteiger partial charge on any atom is -0.359 e. The standard InChI is InChI=1S/C13H17ClN2S2/c1-3-17-7-6-9(2)15-13-16-11-5-4-10(14)8-12(11)18-13/h4-5,8-9H,3,6-7H2,1-2H3,(H,15,16). The van der Waals surface area contributed by atoms with Gasteiger partial charge in [-0.25, -0.2) is 4.98 Å². The van der Waals surface area contributed by atoms with E-state index in [9.17, 15) is 0 Å². The molecule has 1 aromatic heterocycles. The van der Waals surface area contributed by atoms with Gasteiger partial charge < -0.3 is 5.32 Å². The highest BCUT2D eigenvalue weighted by molar-refractivity contribution is 7.99. The lowest BCUT2D eigenvalue weighted by atomic mass is 10.3. The van der Waals surface area contributed by atoms with Gasteiger partial charge in [-0.05, 0) is 43.0 Å². The minimum absolute atomic E-state index is 0.458. The van der Waals surface area contributed by atoms with Crippen molar-refractivity contribution in [3.05, 3.63) is 23.2 Å². The molecule has 0 radical (unpaired) electrons. The molecule has 98 valence electrons. The number of rotatable bonds is 6. The van der Waals surface area contributed by atoms with Crippen molar-refractivity contribution in [3.8, 4) is 0 Å². The Morgan fingerprint density at radius 2 is 2.33 bits per heavy atom. The molecule has 0 amide bonds. The van der Waals surface area contributed by atoms with Crippen LogP contribution in [-0.2, 0) is 0 Å². The summed E-state index contributed by atoms with van der Waals surface area (Å²) >= 11 is 9.62. The molecule has 1 atom stereocenters. The third-order valence-corrected chi connectivity index (χ3v) is 4.74. The molecule has 5 heteroatoms. The number of halogens is 1. The molecule has 0 aliphatic carbocycles. The Morgan fingerprint density at radius 1 is 1.50 bits per heavy atom. The topological polar surface area (TPSA) is 24.9 Å². The average molecular weight is 301 g/mol. The molecular formula is C13H17ClN2S2. The van der Waals surface area contributed by atoms with Crippen molar-refractivity contribution in [1.29, 1.82) is 0 Å². The van der Waals surface area contributed by atoms with Crippen LogP contribution in [0.5, 0.6) is 0 Å². The summed E-state index contributed by atoms with van der Waals surface area (Å²) in [6.07, 6.45) is 1.16. The smallest absolute Gasteiger partial charge is 0.184 e. The molecule has 0 spiro atoms. The number of anilines is 1. The summed E-state index contributed by atoms with van der Waals surface area (Å²) in [6.45, 7) is 4.40. The molecule has 2 rings (SSSR count). The van der Waals surface area contributed by atoms with Crippen molar-refractivity contribution in [1.82, 2.24) is 4.98 Å². The van der Waals surface area contributed by atoms with Crippen LogP contribution in [0.3, 0.4) is 0 Å². The van der Waals surface area contributed by atoms with Gasteiger partial charge in [0.05, 0.1) is 10.2 Å². The van der Waals surface area contributed by atoms with Crippen LogP contribution < -0.4 is 5.32 Å². The summed E-state index contributed by atoms with van der Waals surface area (Å²) in [4.78, 5) is 4.56. The molecule has 0 aliphatic rings. The molecule has 2 nitrogen and oxygen atoms in total. The third-order valence-electron chi connectivity index (χ3n) is 2.62. The van der Waals surface area contributed by atoms with Gasteiger partial charge in [0.2, 0.25) is 0 Å². The lowest BCUT2D eigenvalue weighted by molar-refractivity contribution is 0.771. The van der Waals surface area contributed by atoms with Crippen LogP contribution in [0.1, 0.15) is 20.3 Å². The van der Waals surface area contributed by atoms with Crippen LogP contribution in [0.25, 0.3) is 10.2 Å². The van der Waals surface area contributed by atoms with Gasteiger partial charge in [0, 0.05) is 11.1 Å². The summed E-state index contributed by atoms with van der Waals surface area (Å²) in [5.74, 6) is 2.38. The Morgan fingerprint density at radius 3 is 3.11 bits per heavy atom. The zero-order valence-corrected chi connectivity index (χ0v) is 13.0. The summed E-state index contributed by atoms with van der Waals surface area (Å²) in [5.41, 5.74) is 1.02. The molecular weight excluding hydrogens is 284 g/mol. The van der Waals surface area contributed by atoms with Crippen LogP contribution >= 0.6 is 34.7 Å². The molecule has 1 unspecified atom stereocenters. The van der Waals surface area contributed by atoms with Crippen LogP contribution in [0, 0.1) is 0 Å². The van der Waals surface area contributed by atoms with Gasteiger partial charge in [-0.1, -0.05) is 29.9 Å². The maximum atomic E-state index is 5.97. The number of thiazole rings is 1. The molecule has 0 bridgehead atoms. The quantitative estimate of drug-likeness (QED) is 0.769. The highest BCUT2D eigenvalue weighted by Crippen LogP contribution is 2.28. The van der Waals surface area contributed by atoms with E-state index in [1.165, 1.54) is 11.5 Å². The second kappa shape index (κ2) is 6.64. The maximum Gasteiger partial charge on any atom is 0.184 e. The number of thioether (sulfide) groups is 1. The van der Waals surface area contributed by atoms with Gasteiger partial charge in [-0.3, -0.25) is 0 Å². The molecule has 0 saturated heterocycles. The third kappa shape index (κ3) is 3.77. The predicted octanol–water partition coefficient (Wildman–Crippen LogP) is 4.89. The summed E-state index contributed by atoms with van der Waals surface area (Å²) < 4.78 is 1.14. The van der Waals surface area contributed by atoms with Crippen LogP contribution in [0.2, 0.25) is 5.02 Å². The minimum atomic E-state index is 0.458. The van der Waals surface area contributed by atoms with Crippen molar-refractivity contribution < 1.29 is 0 Å². The zero-order valence-electron chi connectivity index (χ0n) is 10.6. The highest BCUT2D eigenvalue weighted by Gasteiger charge is 2.07. The highest BCUT2D eigenvalue weighted by atomic mass is 35.5. The van der Waals surface area contributed by atoms with E-state index in [0.29, 0.717) is 6.04 Å². The normalized spacial score (nSPS) is 12.8. The van der Waals surface area contributed by atoms with E-state index < -0.39 is 0 Å². The number of hydrogen-bond donors (Lipinski definition) is 1. The second-order valence-electron chi connectivity index (χ2n) is 4.16. The molecule has 0 fully saturated rings. The Hall–Kier alpha value is -0.450. The number of aromatic nitrogens is 1.